The summed E-state index contributed by atoms with van der Waals surface area (Å²) < 4.78 is 1.53. The standard InChI is InChI=1S/C5H12N2O2S4/c1-3-10-12-7(6-5(8)9)13-11-4-2/h6H,3-4H2,1-2H3,(H,8,9). The first-order valence-electron chi connectivity index (χ1n) is 3.59. The molecule has 0 rings (SSSR count). The first-order chi connectivity index (χ1) is 6.20. The second-order valence-corrected chi connectivity index (χ2v) is 6.83. The van der Waals surface area contributed by atoms with Gasteiger partial charge in [0.1, 0.15) is 0 Å². The summed E-state index contributed by atoms with van der Waals surface area (Å²) in [6, 6.07) is 0. The van der Waals surface area contributed by atoms with E-state index in [4.69, 9.17) is 5.11 Å². The van der Waals surface area contributed by atoms with E-state index in [0.717, 1.165) is 11.5 Å². The van der Waals surface area contributed by atoms with Crippen LogP contribution in [0.5, 0.6) is 0 Å². The molecule has 0 unspecified atom stereocenters. The minimum Gasteiger partial charge on any atom is -0.464 e. The lowest BCUT2D eigenvalue weighted by Gasteiger charge is -2.15. The maximum atomic E-state index is 10.3. The summed E-state index contributed by atoms with van der Waals surface area (Å²) in [7, 11) is 5.96. The van der Waals surface area contributed by atoms with E-state index in [1.165, 1.54) is 25.8 Å². The number of nitrogens with zero attached hydrogens (tertiary/aromatic N) is 1. The maximum absolute atomic E-state index is 10.3. The molecule has 8 heteroatoms. The van der Waals surface area contributed by atoms with Crippen molar-refractivity contribution >= 4 is 49.6 Å². The number of carboxylic acid groups (broad SMARTS) is 1. The van der Waals surface area contributed by atoms with Crippen molar-refractivity contribution in [1.29, 1.82) is 0 Å². The highest BCUT2D eigenvalue weighted by Gasteiger charge is 2.09. The van der Waals surface area contributed by atoms with Gasteiger partial charge in [-0.05, 0) is 0 Å². The van der Waals surface area contributed by atoms with Gasteiger partial charge in [-0.3, -0.25) is 0 Å². The van der Waals surface area contributed by atoms with Gasteiger partial charge in [-0.2, -0.15) is 0 Å². The topological polar surface area (TPSA) is 52.6 Å². The molecule has 0 radical (unpaired) electrons. The monoisotopic (exact) mass is 260 g/mol. The Kier molecular flexibility index (Phi) is 9.64. The molecule has 0 spiro atoms. The molecule has 0 fully saturated rings. The third-order valence-electron chi connectivity index (χ3n) is 0.663. The molecule has 1 amide bonds. The van der Waals surface area contributed by atoms with Crippen molar-refractivity contribution in [3.8, 4) is 0 Å². The molecule has 13 heavy (non-hydrogen) atoms. The summed E-state index contributed by atoms with van der Waals surface area (Å²) in [6.45, 7) is 4.04. The highest BCUT2D eigenvalue weighted by atomic mass is 33.1. The zero-order valence-corrected chi connectivity index (χ0v) is 10.6. The molecule has 0 aromatic rings. The third kappa shape index (κ3) is 8.95. The fraction of sp³-hybridized carbons (Fsp3) is 0.800. The Hall–Kier alpha value is 0.630. The van der Waals surface area contributed by atoms with Gasteiger partial charge in [0.15, 0.2) is 0 Å². The second-order valence-electron chi connectivity index (χ2n) is 1.64. The average molecular weight is 260 g/mol. The van der Waals surface area contributed by atoms with Gasteiger partial charge in [0.05, 0.1) is 0 Å². The largest absolute Gasteiger partial charge is 0.464 e. The minimum atomic E-state index is -1.03. The summed E-state index contributed by atoms with van der Waals surface area (Å²) in [5, 5.41) is 8.48. The lowest BCUT2D eigenvalue weighted by atomic mass is 11.0. The van der Waals surface area contributed by atoms with Crippen LogP contribution in [0.15, 0.2) is 0 Å². The molecule has 0 bridgehead atoms. The number of rotatable bonds is 7. The zero-order chi connectivity index (χ0) is 10.1. The number of hydrazine groups is 1. The lowest BCUT2D eigenvalue weighted by Crippen LogP contribution is -2.30. The Bertz CT molecular complexity index is 140. The van der Waals surface area contributed by atoms with Crippen molar-refractivity contribution in [2.45, 2.75) is 13.8 Å². The molecule has 0 aromatic carbocycles. The fourth-order valence-electron chi connectivity index (χ4n) is 0.329. The van der Waals surface area contributed by atoms with Crippen LogP contribution in [0.2, 0.25) is 0 Å². The molecule has 0 aromatic heterocycles. The van der Waals surface area contributed by atoms with Crippen LogP contribution in [0, 0.1) is 0 Å². The Morgan fingerprint density at radius 2 is 1.77 bits per heavy atom. The smallest absolute Gasteiger partial charge is 0.420 e. The van der Waals surface area contributed by atoms with Crippen LogP contribution in [-0.4, -0.2) is 26.5 Å². The number of carbonyl (C=O) groups is 1. The second kappa shape index (κ2) is 9.20. The van der Waals surface area contributed by atoms with Crippen molar-refractivity contribution in [2.75, 3.05) is 11.5 Å². The van der Waals surface area contributed by atoms with E-state index < -0.39 is 6.09 Å². The van der Waals surface area contributed by atoms with Gasteiger partial charge >= 0.3 is 6.09 Å². The Labute approximate surface area is 94.0 Å². The Morgan fingerprint density at radius 1 is 1.31 bits per heavy atom. The molecule has 0 atom stereocenters. The van der Waals surface area contributed by atoms with Gasteiger partial charge < -0.3 is 5.11 Å². The number of amides is 1. The molecule has 0 aliphatic heterocycles. The molecule has 0 saturated heterocycles. The van der Waals surface area contributed by atoms with E-state index in [1.54, 1.807) is 21.6 Å². The highest BCUT2D eigenvalue weighted by Crippen LogP contribution is 2.35. The highest BCUT2D eigenvalue weighted by molar-refractivity contribution is 8.83. The molecular weight excluding hydrogens is 248 g/mol. The summed E-state index contributed by atoms with van der Waals surface area (Å²) in [5.74, 6) is 1.89. The molecule has 0 aliphatic rings. The van der Waals surface area contributed by atoms with E-state index in [0.29, 0.717) is 0 Å². The van der Waals surface area contributed by atoms with Crippen LogP contribution in [0.3, 0.4) is 0 Å². The number of hydrogen-bond acceptors (Lipinski definition) is 6. The predicted octanol–water partition coefficient (Wildman–Crippen LogP) is 3.10. The maximum Gasteiger partial charge on any atom is 0.420 e. The Balaban J connectivity index is 3.66. The van der Waals surface area contributed by atoms with E-state index in [-0.39, 0.29) is 0 Å². The minimum absolute atomic E-state index is 0.944. The van der Waals surface area contributed by atoms with Crippen LogP contribution in [-0.2, 0) is 0 Å². The third-order valence-corrected chi connectivity index (χ3v) is 5.75. The molecule has 4 nitrogen and oxygen atoms in total. The SMILES string of the molecule is CCSSN(NC(=O)O)SSCC. The summed E-state index contributed by atoms with van der Waals surface area (Å²) >= 11 is 0. The van der Waals surface area contributed by atoms with Gasteiger partial charge in [0.25, 0.3) is 0 Å². The molecular formula is C5H12N2O2S4. The fourth-order valence-corrected chi connectivity index (χ4v) is 4.16. The van der Waals surface area contributed by atoms with Crippen LogP contribution in [0.4, 0.5) is 4.79 Å². The number of nitrogens with one attached hydrogen (secondary N) is 1. The van der Waals surface area contributed by atoms with Crippen molar-refractivity contribution < 1.29 is 9.90 Å². The van der Waals surface area contributed by atoms with E-state index in [2.05, 4.69) is 5.43 Å². The number of hydrogen-bond donors (Lipinski definition) is 2. The normalized spacial score (nSPS) is 10.4. The van der Waals surface area contributed by atoms with Crippen molar-refractivity contribution in [3.05, 3.63) is 0 Å². The molecule has 0 saturated carbocycles. The average Bonchev–Trinajstić information content (AvgIpc) is 2.09. The van der Waals surface area contributed by atoms with Crippen LogP contribution >= 0.6 is 43.5 Å². The van der Waals surface area contributed by atoms with Crippen LogP contribution in [0.1, 0.15) is 13.8 Å². The van der Waals surface area contributed by atoms with Crippen molar-refractivity contribution in [1.82, 2.24) is 9.25 Å². The van der Waals surface area contributed by atoms with E-state index in [1.807, 2.05) is 13.8 Å². The summed E-state index contributed by atoms with van der Waals surface area (Å²) in [6.07, 6.45) is -1.03. The summed E-state index contributed by atoms with van der Waals surface area (Å²) in [4.78, 5) is 10.3. The lowest BCUT2D eigenvalue weighted by molar-refractivity contribution is 0.187. The van der Waals surface area contributed by atoms with Gasteiger partial charge in [-0.1, -0.05) is 39.3 Å². The van der Waals surface area contributed by atoms with Crippen LogP contribution in [0.25, 0.3) is 0 Å². The van der Waals surface area contributed by atoms with Gasteiger partial charge in [-0.15, -0.1) is 0 Å². The van der Waals surface area contributed by atoms with Gasteiger partial charge in [0.2, 0.25) is 0 Å². The van der Waals surface area contributed by atoms with Crippen molar-refractivity contribution in [2.24, 2.45) is 0 Å². The molecule has 78 valence electrons. The van der Waals surface area contributed by atoms with Crippen LogP contribution < -0.4 is 5.43 Å². The predicted molar refractivity (Wildman–Crippen MR) is 64.4 cm³/mol. The first kappa shape index (κ1) is 13.6. The van der Waals surface area contributed by atoms with Gasteiger partial charge in [-0.25, -0.2) is 10.2 Å². The Morgan fingerprint density at radius 3 is 2.08 bits per heavy atom. The quantitative estimate of drug-likeness (QED) is 0.414. The first-order valence-corrected chi connectivity index (χ1v) is 8.14. The molecule has 0 heterocycles. The molecule has 2 N–H and O–H groups in total. The molecule has 0 aliphatic carbocycles. The van der Waals surface area contributed by atoms with E-state index in [9.17, 15) is 4.79 Å². The van der Waals surface area contributed by atoms with Crippen molar-refractivity contribution in [3.63, 3.8) is 0 Å². The zero-order valence-electron chi connectivity index (χ0n) is 7.35. The summed E-state index contributed by atoms with van der Waals surface area (Å²) in [5.41, 5.74) is 2.28. The van der Waals surface area contributed by atoms with E-state index >= 15 is 0 Å². The van der Waals surface area contributed by atoms with Gasteiger partial charge in [0, 0.05) is 33.5 Å².